The summed E-state index contributed by atoms with van der Waals surface area (Å²) in [5.74, 6) is 0.337. The number of hydrogen-bond donors (Lipinski definition) is 0. The van der Waals surface area contributed by atoms with Crippen LogP contribution in [0, 0.1) is 0 Å². The normalized spacial score (nSPS) is 22.4. The van der Waals surface area contributed by atoms with Crippen molar-refractivity contribution in [1.29, 1.82) is 0 Å². The molecule has 1 heteroatoms. The molecule has 0 radical (unpaired) electrons. The first-order valence-corrected chi connectivity index (χ1v) is 15.4. The summed E-state index contributed by atoms with van der Waals surface area (Å²) >= 11 is 0. The SMILES string of the molecule is CCC1=CC2=C(C=CC=CC2c2ccccc2)C1[Si](C)(C)C1=C(C)C=C(c2ccccc2)C1. The monoisotopic (exact) mass is 446 g/mol. The first kappa shape index (κ1) is 21.9. The van der Waals surface area contributed by atoms with Crippen LogP contribution >= 0.6 is 0 Å². The van der Waals surface area contributed by atoms with Gasteiger partial charge in [0.15, 0.2) is 0 Å². The van der Waals surface area contributed by atoms with E-state index in [0.29, 0.717) is 11.5 Å². The maximum atomic E-state index is 2.61. The largest absolute Gasteiger partial charge is 0.0880 e. The van der Waals surface area contributed by atoms with E-state index in [0.717, 1.165) is 12.8 Å². The van der Waals surface area contributed by atoms with Gasteiger partial charge in [0, 0.05) is 11.5 Å². The van der Waals surface area contributed by atoms with E-state index in [1.165, 1.54) is 27.8 Å². The summed E-state index contributed by atoms with van der Waals surface area (Å²) in [4.78, 5) is 0. The van der Waals surface area contributed by atoms with Crippen molar-refractivity contribution < 1.29 is 0 Å². The Morgan fingerprint density at radius 1 is 0.848 bits per heavy atom. The third kappa shape index (κ3) is 3.89. The molecule has 0 spiro atoms. The van der Waals surface area contributed by atoms with Crippen molar-refractivity contribution in [3.63, 3.8) is 0 Å². The Labute approximate surface area is 200 Å². The molecule has 0 saturated carbocycles. The molecule has 33 heavy (non-hydrogen) atoms. The van der Waals surface area contributed by atoms with Gasteiger partial charge in [0.2, 0.25) is 0 Å². The standard InChI is InChI=1S/C32H34Si/c1-5-24-21-30-28(26-16-10-7-11-17-26)18-12-13-19-29(30)32(24)33(3,4)31-22-27(20-23(31)2)25-14-8-6-9-15-25/h6-21,28,32H,5,22H2,1-4H3. The molecule has 0 amide bonds. The summed E-state index contributed by atoms with van der Waals surface area (Å²) in [7, 11) is -1.80. The fraction of sp³-hybridized carbons (Fsp3) is 0.250. The molecule has 2 atom stereocenters. The van der Waals surface area contributed by atoms with Crippen molar-refractivity contribution in [3.8, 4) is 0 Å². The number of rotatable bonds is 5. The molecule has 0 nitrogen and oxygen atoms in total. The van der Waals surface area contributed by atoms with Crippen molar-refractivity contribution >= 4 is 13.6 Å². The van der Waals surface area contributed by atoms with Gasteiger partial charge in [-0.2, -0.15) is 0 Å². The molecule has 3 aliphatic carbocycles. The molecule has 0 bridgehead atoms. The number of hydrogen-bond acceptors (Lipinski definition) is 0. The van der Waals surface area contributed by atoms with E-state index in [9.17, 15) is 0 Å². The molecule has 0 N–H and O–H groups in total. The highest BCUT2D eigenvalue weighted by atomic mass is 28.3. The molecule has 0 aromatic heterocycles. The lowest BCUT2D eigenvalue weighted by atomic mass is 9.90. The van der Waals surface area contributed by atoms with Crippen LogP contribution in [-0.2, 0) is 0 Å². The van der Waals surface area contributed by atoms with Gasteiger partial charge in [0.1, 0.15) is 0 Å². The van der Waals surface area contributed by atoms with Crippen LogP contribution in [0.4, 0.5) is 0 Å². The summed E-state index contributed by atoms with van der Waals surface area (Å²) < 4.78 is 0. The van der Waals surface area contributed by atoms with Crippen LogP contribution in [0.5, 0.6) is 0 Å². The zero-order valence-electron chi connectivity index (χ0n) is 20.3. The minimum absolute atomic E-state index is 0.337. The van der Waals surface area contributed by atoms with Crippen molar-refractivity contribution in [2.24, 2.45) is 0 Å². The topological polar surface area (TPSA) is 0 Å². The number of benzene rings is 2. The van der Waals surface area contributed by atoms with E-state index in [1.807, 2.05) is 0 Å². The smallest absolute Gasteiger partial charge is 0.0727 e. The van der Waals surface area contributed by atoms with E-state index >= 15 is 0 Å². The average Bonchev–Trinajstić information content (AvgIpc) is 3.35. The van der Waals surface area contributed by atoms with Gasteiger partial charge in [-0.25, -0.2) is 0 Å². The van der Waals surface area contributed by atoms with Gasteiger partial charge in [-0.15, -0.1) is 0 Å². The molecular weight excluding hydrogens is 412 g/mol. The highest BCUT2D eigenvalue weighted by Crippen LogP contribution is 2.54. The lowest BCUT2D eigenvalue weighted by Crippen LogP contribution is -2.37. The van der Waals surface area contributed by atoms with Gasteiger partial charge in [-0.05, 0) is 47.6 Å². The Kier molecular flexibility index (Phi) is 5.84. The molecule has 0 saturated heterocycles. The molecular formula is C32H34Si. The molecule has 2 unspecified atom stereocenters. The summed E-state index contributed by atoms with van der Waals surface area (Å²) in [5.41, 5.74) is 11.0. The zero-order chi connectivity index (χ0) is 23.0. The third-order valence-corrected chi connectivity index (χ3v) is 12.1. The van der Waals surface area contributed by atoms with Crippen LogP contribution in [0.2, 0.25) is 18.6 Å². The van der Waals surface area contributed by atoms with Crippen LogP contribution in [0.1, 0.15) is 43.7 Å². The molecule has 5 rings (SSSR count). The average molecular weight is 447 g/mol. The van der Waals surface area contributed by atoms with Crippen LogP contribution in [0.25, 0.3) is 5.57 Å². The highest BCUT2D eigenvalue weighted by Gasteiger charge is 2.44. The Morgan fingerprint density at radius 3 is 2.24 bits per heavy atom. The molecule has 2 aromatic carbocycles. The Balaban J connectivity index is 1.54. The van der Waals surface area contributed by atoms with Gasteiger partial charge in [-0.1, -0.05) is 133 Å². The maximum absolute atomic E-state index is 2.61. The molecule has 0 aliphatic heterocycles. The van der Waals surface area contributed by atoms with Crippen molar-refractivity contribution in [3.05, 3.63) is 136 Å². The summed E-state index contributed by atoms with van der Waals surface area (Å²) in [6.07, 6.45) is 16.6. The second-order valence-corrected chi connectivity index (χ2v) is 14.8. The van der Waals surface area contributed by atoms with Crippen molar-refractivity contribution in [2.75, 3.05) is 0 Å². The van der Waals surface area contributed by atoms with Gasteiger partial charge < -0.3 is 0 Å². The maximum Gasteiger partial charge on any atom is 0.0880 e. The van der Waals surface area contributed by atoms with E-state index in [4.69, 9.17) is 0 Å². The van der Waals surface area contributed by atoms with E-state index in [2.05, 4.69) is 124 Å². The van der Waals surface area contributed by atoms with Crippen LogP contribution < -0.4 is 0 Å². The second-order valence-electron chi connectivity index (χ2n) is 10.1. The minimum Gasteiger partial charge on any atom is -0.0727 e. The van der Waals surface area contributed by atoms with Gasteiger partial charge in [0.25, 0.3) is 0 Å². The van der Waals surface area contributed by atoms with E-state index in [-0.39, 0.29) is 0 Å². The van der Waals surface area contributed by atoms with Crippen LogP contribution in [0.15, 0.2) is 125 Å². The molecule has 3 aliphatic rings. The summed E-state index contributed by atoms with van der Waals surface area (Å²) in [6.45, 7) is 9.91. The quantitative estimate of drug-likeness (QED) is 0.402. The second kappa shape index (κ2) is 8.80. The molecule has 0 heterocycles. The highest BCUT2D eigenvalue weighted by molar-refractivity contribution is 6.87. The fourth-order valence-corrected chi connectivity index (χ4v) is 10.6. The zero-order valence-corrected chi connectivity index (χ0v) is 21.3. The Bertz CT molecular complexity index is 1230. The van der Waals surface area contributed by atoms with Crippen LogP contribution in [0.3, 0.4) is 0 Å². The first-order valence-electron chi connectivity index (χ1n) is 12.3. The Hall–Kier alpha value is -2.90. The molecule has 166 valence electrons. The van der Waals surface area contributed by atoms with Crippen molar-refractivity contribution in [2.45, 2.75) is 51.2 Å². The predicted molar refractivity (Wildman–Crippen MR) is 146 cm³/mol. The van der Waals surface area contributed by atoms with E-state index in [1.54, 1.807) is 16.3 Å². The minimum atomic E-state index is -1.80. The molecule has 2 aromatic rings. The van der Waals surface area contributed by atoms with Crippen molar-refractivity contribution in [1.82, 2.24) is 0 Å². The predicted octanol–water partition coefficient (Wildman–Crippen LogP) is 8.96. The molecule has 0 fully saturated rings. The van der Waals surface area contributed by atoms with E-state index < -0.39 is 8.07 Å². The van der Waals surface area contributed by atoms with Crippen LogP contribution in [-0.4, -0.2) is 8.07 Å². The lowest BCUT2D eigenvalue weighted by molar-refractivity contribution is 0.985. The summed E-state index contributed by atoms with van der Waals surface area (Å²) in [6, 6.07) is 21.9. The Morgan fingerprint density at radius 2 is 1.55 bits per heavy atom. The van der Waals surface area contributed by atoms with Gasteiger partial charge in [0.05, 0.1) is 8.07 Å². The van der Waals surface area contributed by atoms with Gasteiger partial charge >= 0.3 is 0 Å². The number of allylic oxidation sites excluding steroid dienone is 12. The first-order chi connectivity index (χ1) is 16.0. The lowest BCUT2D eigenvalue weighted by Gasteiger charge is -2.36. The van der Waals surface area contributed by atoms with Gasteiger partial charge in [-0.3, -0.25) is 0 Å². The third-order valence-electron chi connectivity index (χ3n) is 7.83. The summed E-state index contributed by atoms with van der Waals surface area (Å²) in [5, 5.41) is 1.72. The fourth-order valence-electron chi connectivity index (χ4n) is 6.22.